The minimum absolute atomic E-state index is 0.128. The largest absolute Gasteiger partial charge is 0.376 e. The standard InChI is InChI=1S/C45H48N6O6/c1-44(56,32-11-5-3-6-12-32)42(54)50-25-9-15-36(50)27-40(52)46-34-21-17-30(18-22-34)38-29-39(49-48-38)31-19-23-35(24-20-31)47-41(53)28-37-16-10-26-51(37)43(55)45(2,57)33-13-7-4-8-14-33/h3-8,11-14,17-24,29,36-37,56-57H,9-10,15-16,25-28H2,1-2H3,(H,46,52)(H,47,53)(H,48,49)/t36-,37-,44-,45-/m0/s1. The number of benzene rings is 4. The van der Waals surface area contributed by atoms with Crippen LogP contribution in [0.25, 0.3) is 22.5 Å². The predicted molar refractivity (Wildman–Crippen MR) is 217 cm³/mol. The molecule has 57 heavy (non-hydrogen) atoms. The summed E-state index contributed by atoms with van der Waals surface area (Å²) < 4.78 is 0. The van der Waals surface area contributed by atoms with Gasteiger partial charge in [-0.1, -0.05) is 84.9 Å². The van der Waals surface area contributed by atoms with Crippen LogP contribution in [0.15, 0.2) is 115 Å². The zero-order chi connectivity index (χ0) is 40.2. The van der Waals surface area contributed by atoms with Crippen LogP contribution in [-0.4, -0.2) is 79.0 Å². The molecule has 0 unspecified atom stereocenters. The number of H-pyrrole nitrogens is 1. The summed E-state index contributed by atoms with van der Waals surface area (Å²) in [5.74, 6) is -1.22. The number of carbonyl (C=O) groups is 4. The molecule has 0 saturated carbocycles. The van der Waals surface area contributed by atoms with Crippen LogP contribution in [-0.2, 0) is 30.4 Å². The molecule has 0 radical (unpaired) electrons. The van der Waals surface area contributed by atoms with Crippen molar-refractivity contribution in [3.63, 3.8) is 0 Å². The lowest BCUT2D eigenvalue weighted by Gasteiger charge is -2.32. The van der Waals surface area contributed by atoms with Gasteiger partial charge in [-0.2, -0.15) is 5.10 Å². The molecule has 4 amide bonds. The zero-order valence-corrected chi connectivity index (χ0v) is 32.2. The molecular weight excluding hydrogens is 721 g/mol. The van der Waals surface area contributed by atoms with Gasteiger partial charge in [-0.3, -0.25) is 24.3 Å². The van der Waals surface area contributed by atoms with Crippen LogP contribution in [0, 0.1) is 0 Å². The number of aromatic nitrogens is 2. The van der Waals surface area contributed by atoms with Crippen LogP contribution in [0.2, 0.25) is 0 Å². The van der Waals surface area contributed by atoms with E-state index in [1.54, 1.807) is 58.3 Å². The molecule has 2 saturated heterocycles. The first-order valence-electron chi connectivity index (χ1n) is 19.4. The fourth-order valence-electron chi connectivity index (χ4n) is 7.89. The van der Waals surface area contributed by atoms with Gasteiger partial charge in [0.1, 0.15) is 0 Å². The van der Waals surface area contributed by atoms with Crippen molar-refractivity contribution in [2.24, 2.45) is 0 Å². The van der Waals surface area contributed by atoms with Gasteiger partial charge in [-0.05, 0) is 86.6 Å². The molecule has 5 aromatic rings. The Balaban J connectivity index is 0.905. The van der Waals surface area contributed by atoms with Gasteiger partial charge in [0.25, 0.3) is 11.8 Å². The third-order valence-electron chi connectivity index (χ3n) is 11.1. The fourth-order valence-corrected chi connectivity index (χ4v) is 7.89. The number of rotatable bonds is 12. The molecule has 0 bridgehead atoms. The van der Waals surface area contributed by atoms with Gasteiger partial charge in [0.2, 0.25) is 11.8 Å². The van der Waals surface area contributed by atoms with E-state index >= 15 is 0 Å². The molecule has 2 aliphatic rings. The smallest absolute Gasteiger partial charge is 0.259 e. The van der Waals surface area contributed by atoms with Crippen LogP contribution in [0.1, 0.15) is 63.5 Å². The first kappa shape index (κ1) is 39.1. The van der Waals surface area contributed by atoms with E-state index < -0.39 is 23.0 Å². The quantitative estimate of drug-likeness (QED) is 0.101. The number of hydrogen-bond acceptors (Lipinski definition) is 7. The number of aromatic amines is 1. The highest BCUT2D eigenvalue weighted by atomic mass is 16.3. The molecule has 4 aromatic carbocycles. The molecule has 12 heteroatoms. The fraction of sp³-hybridized carbons (Fsp3) is 0.311. The molecule has 0 aliphatic carbocycles. The minimum Gasteiger partial charge on any atom is -0.376 e. The number of amides is 4. The average Bonchev–Trinajstić information content (AvgIpc) is 4.01. The second-order valence-electron chi connectivity index (χ2n) is 15.3. The van der Waals surface area contributed by atoms with E-state index in [0.717, 1.165) is 29.7 Å². The average molecular weight is 769 g/mol. The second-order valence-corrected chi connectivity index (χ2v) is 15.3. The third kappa shape index (κ3) is 8.67. The maximum Gasteiger partial charge on any atom is 0.259 e. The van der Waals surface area contributed by atoms with Gasteiger partial charge in [-0.25, -0.2) is 0 Å². The topological polar surface area (TPSA) is 168 Å². The molecule has 2 fully saturated rings. The van der Waals surface area contributed by atoms with Crippen molar-refractivity contribution >= 4 is 35.0 Å². The molecule has 4 atom stereocenters. The van der Waals surface area contributed by atoms with Gasteiger partial charge in [0.05, 0.1) is 11.4 Å². The van der Waals surface area contributed by atoms with Crippen molar-refractivity contribution in [1.82, 2.24) is 20.0 Å². The van der Waals surface area contributed by atoms with Crippen molar-refractivity contribution in [1.29, 1.82) is 0 Å². The third-order valence-corrected chi connectivity index (χ3v) is 11.1. The lowest BCUT2D eigenvalue weighted by atomic mass is 9.94. The van der Waals surface area contributed by atoms with Crippen molar-refractivity contribution in [3.8, 4) is 22.5 Å². The molecule has 3 heterocycles. The minimum atomic E-state index is -1.68. The van der Waals surface area contributed by atoms with E-state index in [1.807, 2.05) is 66.7 Å². The number of aliphatic hydroxyl groups is 2. The normalized spacial score (nSPS) is 18.7. The van der Waals surface area contributed by atoms with Crippen LogP contribution >= 0.6 is 0 Å². The predicted octanol–water partition coefficient (Wildman–Crippen LogP) is 6.20. The Morgan fingerprint density at radius 3 is 1.51 bits per heavy atom. The first-order chi connectivity index (χ1) is 27.4. The molecule has 294 valence electrons. The van der Waals surface area contributed by atoms with Gasteiger partial charge in [0, 0.05) is 55.0 Å². The second kappa shape index (κ2) is 16.5. The highest BCUT2D eigenvalue weighted by Crippen LogP contribution is 2.32. The maximum absolute atomic E-state index is 13.4. The van der Waals surface area contributed by atoms with E-state index in [-0.39, 0.29) is 36.7 Å². The molecule has 12 nitrogen and oxygen atoms in total. The number of carbonyl (C=O) groups excluding carboxylic acids is 4. The van der Waals surface area contributed by atoms with Crippen molar-refractivity contribution in [2.45, 2.75) is 75.7 Å². The van der Waals surface area contributed by atoms with Gasteiger partial charge in [-0.15, -0.1) is 0 Å². The van der Waals surface area contributed by atoms with Gasteiger partial charge < -0.3 is 30.6 Å². The number of nitrogens with one attached hydrogen (secondary N) is 3. The number of likely N-dealkylation sites (tertiary alicyclic amines) is 2. The van der Waals surface area contributed by atoms with Crippen LogP contribution in [0.4, 0.5) is 11.4 Å². The SMILES string of the molecule is C[C@@](O)(C(=O)N1CCC[C@H]1CC(=O)Nc1ccc(-c2cc(-c3ccc(NC(=O)C[C@@H]4CCCN4C(=O)[C@@](C)(O)c4ccccc4)cc3)[nH]n2)cc1)c1ccccc1. The molecule has 2 aliphatic heterocycles. The van der Waals surface area contributed by atoms with Crippen molar-refractivity contribution in [2.75, 3.05) is 23.7 Å². The van der Waals surface area contributed by atoms with Gasteiger partial charge in [0.15, 0.2) is 11.2 Å². The highest BCUT2D eigenvalue weighted by Gasteiger charge is 2.42. The lowest BCUT2D eigenvalue weighted by Crippen LogP contribution is -2.48. The Morgan fingerprint density at radius 2 is 1.07 bits per heavy atom. The highest BCUT2D eigenvalue weighted by molar-refractivity contribution is 5.94. The Morgan fingerprint density at radius 1 is 0.649 bits per heavy atom. The Bertz CT molecular complexity index is 2050. The molecule has 7 rings (SSSR count). The maximum atomic E-state index is 13.4. The molecular formula is C45H48N6O6. The van der Waals surface area contributed by atoms with E-state index in [4.69, 9.17) is 0 Å². The Kier molecular flexibility index (Phi) is 11.4. The first-order valence-corrected chi connectivity index (χ1v) is 19.4. The van der Waals surface area contributed by atoms with Crippen molar-refractivity contribution < 1.29 is 29.4 Å². The molecule has 0 spiro atoms. The summed E-state index contributed by atoms with van der Waals surface area (Å²) in [5, 5.41) is 35.6. The van der Waals surface area contributed by atoms with E-state index in [9.17, 15) is 29.4 Å². The zero-order valence-electron chi connectivity index (χ0n) is 32.2. The summed E-state index contributed by atoms with van der Waals surface area (Å²) in [6.07, 6.45) is 3.16. The lowest BCUT2D eigenvalue weighted by molar-refractivity contribution is -0.152. The van der Waals surface area contributed by atoms with Crippen LogP contribution in [0.3, 0.4) is 0 Å². The van der Waals surface area contributed by atoms with E-state index in [2.05, 4.69) is 20.8 Å². The summed E-state index contributed by atoms with van der Waals surface area (Å²) in [6, 6.07) is 33.8. The van der Waals surface area contributed by atoms with Crippen LogP contribution < -0.4 is 10.6 Å². The Labute approximate surface area is 331 Å². The van der Waals surface area contributed by atoms with Crippen molar-refractivity contribution in [3.05, 3.63) is 126 Å². The van der Waals surface area contributed by atoms with Crippen LogP contribution in [0.5, 0.6) is 0 Å². The Hall–Kier alpha value is -6.11. The summed E-state index contributed by atoms with van der Waals surface area (Å²) in [7, 11) is 0. The van der Waals surface area contributed by atoms with E-state index in [1.165, 1.54) is 13.8 Å². The summed E-state index contributed by atoms with van der Waals surface area (Å²) in [4.78, 5) is 56.2. The summed E-state index contributed by atoms with van der Waals surface area (Å²) in [5.41, 5.74) is 2.14. The number of nitrogens with zero attached hydrogens (tertiary/aromatic N) is 3. The molecule has 1 aromatic heterocycles. The summed E-state index contributed by atoms with van der Waals surface area (Å²) >= 11 is 0. The van der Waals surface area contributed by atoms with Gasteiger partial charge >= 0.3 is 0 Å². The monoisotopic (exact) mass is 768 g/mol. The number of anilines is 2. The molecule has 5 N–H and O–H groups in total. The summed E-state index contributed by atoms with van der Waals surface area (Å²) in [6.45, 7) is 3.99. The van der Waals surface area contributed by atoms with E-state index in [0.29, 0.717) is 54.1 Å². The number of hydrogen-bond donors (Lipinski definition) is 5.